The summed E-state index contributed by atoms with van der Waals surface area (Å²) in [6.07, 6.45) is 5.92. The minimum absolute atomic E-state index is 0.167. The fourth-order valence-electron chi connectivity index (χ4n) is 2.74. The number of Topliss-reactive ketones (excluding diaryl/α,β-unsaturated/α-hetero) is 1. The molecular weight excluding hydrogens is 326 g/mol. The molecule has 0 aromatic carbocycles. The number of rotatable bonds is 5. The van der Waals surface area contributed by atoms with Crippen LogP contribution in [0.5, 0.6) is 0 Å². The van der Waals surface area contributed by atoms with Crippen LogP contribution in [0.25, 0.3) is 0 Å². The van der Waals surface area contributed by atoms with Crippen LogP contribution in [0, 0.1) is 6.92 Å². The molecule has 126 valence electrons. The predicted octanol–water partition coefficient (Wildman–Crippen LogP) is 2.63. The summed E-state index contributed by atoms with van der Waals surface area (Å²) in [5, 5.41) is 0. The smallest absolute Gasteiger partial charge is 0.329 e. The Morgan fingerprint density at radius 1 is 1.29 bits per heavy atom. The minimum atomic E-state index is -0.431. The quantitative estimate of drug-likeness (QED) is 0.613. The van der Waals surface area contributed by atoms with E-state index in [9.17, 15) is 9.59 Å². The van der Waals surface area contributed by atoms with Gasteiger partial charge in [-0.25, -0.2) is 14.8 Å². The van der Waals surface area contributed by atoms with Crippen LogP contribution in [0.1, 0.15) is 33.8 Å². The number of hydrogen-bond acceptors (Lipinski definition) is 7. The molecule has 0 spiro atoms. The van der Waals surface area contributed by atoms with Crippen molar-refractivity contribution in [2.75, 3.05) is 18.1 Å². The number of nitrogens with zero attached hydrogens (tertiary/aromatic N) is 3. The van der Waals surface area contributed by atoms with Crippen molar-refractivity contribution < 1.29 is 14.3 Å². The molecule has 2 aromatic rings. The highest BCUT2D eigenvalue weighted by Crippen LogP contribution is 2.22. The number of piperidine rings is 1. The lowest BCUT2D eigenvalue weighted by molar-refractivity contribution is -0.144. The second-order valence-electron chi connectivity index (χ2n) is 5.69. The van der Waals surface area contributed by atoms with Crippen molar-refractivity contribution in [3.8, 4) is 0 Å². The van der Waals surface area contributed by atoms with Gasteiger partial charge in [0.25, 0.3) is 0 Å². The summed E-state index contributed by atoms with van der Waals surface area (Å²) in [4.78, 5) is 36.5. The molecule has 0 unspecified atom stereocenters. The van der Waals surface area contributed by atoms with Crippen LogP contribution in [-0.4, -0.2) is 40.9 Å². The molecule has 0 bridgehead atoms. The number of carbonyl (C=O) groups is 2. The van der Waals surface area contributed by atoms with Gasteiger partial charge in [0.2, 0.25) is 11.7 Å². The number of aryl methyl sites for hydroxylation is 1. The molecular formula is C17H19N3O3S. The highest BCUT2D eigenvalue weighted by molar-refractivity contribution is 7.14. The predicted molar refractivity (Wildman–Crippen MR) is 91.4 cm³/mol. The Labute approximate surface area is 144 Å². The molecule has 0 aliphatic carbocycles. The standard InChI is InChI=1S/C17H19N3O3S/c1-12-6-7-15(24-12)14(21)11-23-16(22)13-5-2-3-10-20(13)17-18-8-4-9-19-17/h4,6-9,13H,2-3,5,10-11H2,1H3/t13-/m1/s1. The first-order valence-corrected chi connectivity index (χ1v) is 8.77. The summed E-state index contributed by atoms with van der Waals surface area (Å²) in [5.74, 6) is -0.0251. The van der Waals surface area contributed by atoms with E-state index in [1.807, 2.05) is 17.9 Å². The van der Waals surface area contributed by atoms with Crippen LogP contribution in [-0.2, 0) is 9.53 Å². The van der Waals surface area contributed by atoms with Crippen LogP contribution in [0.3, 0.4) is 0 Å². The second kappa shape index (κ2) is 7.53. The van der Waals surface area contributed by atoms with Gasteiger partial charge < -0.3 is 9.64 Å². The van der Waals surface area contributed by atoms with Crippen LogP contribution in [0.15, 0.2) is 30.6 Å². The molecule has 2 aromatic heterocycles. The zero-order valence-corrected chi connectivity index (χ0v) is 14.3. The van der Waals surface area contributed by atoms with Crippen LogP contribution in [0.2, 0.25) is 0 Å². The van der Waals surface area contributed by atoms with Crippen molar-refractivity contribution >= 4 is 29.0 Å². The molecule has 1 aliphatic heterocycles. The van der Waals surface area contributed by atoms with Gasteiger partial charge in [-0.15, -0.1) is 11.3 Å². The van der Waals surface area contributed by atoms with Crippen molar-refractivity contribution in [2.45, 2.75) is 32.2 Å². The van der Waals surface area contributed by atoms with Gasteiger partial charge in [0.05, 0.1) is 4.88 Å². The number of hydrogen-bond donors (Lipinski definition) is 0. The third kappa shape index (κ3) is 3.79. The summed E-state index contributed by atoms with van der Waals surface area (Å²) in [6, 6.07) is 4.96. The van der Waals surface area contributed by atoms with Gasteiger partial charge in [0.15, 0.2) is 6.61 Å². The summed E-state index contributed by atoms with van der Waals surface area (Å²) in [7, 11) is 0. The van der Waals surface area contributed by atoms with Gasteiger partial charge in [-0.3, -0.25) is 4.79 Å². The Hall–Kier alpha value is -2.28. The van der Waals surface area contributed by atoms with Gasteiger partial charge in [0.1, 0.15) is 6.04 Å². The zero-order chi connectivity index (χ0) is 16.9. The minimum Gasteiger partial charge on any atom is -0.456 e. The first-order chi connectivity index (χ1) is 11.6. The van der Waals surface area contributed by atoms with E-state index in [0.717, 1.165) is 17.7 Å². The summed E-state index contributed by atoms with van der Waals surface area (Å²) in [5.41, 5.74) is 0. The van der Waals surface area contributed by atoms with E-state index in [4.69, 9.17) is 4.74 Å². The van der Waals surface area contributed by atoms with Gasteiger partial charge in [-0.05, 0) is 44.4 Å². The third-order valence-electron chi connectivity index (χ3n) is 3.94. The van der Waals surface area contributed by atoms with Gasteiger partial charge >= 0.3 is 5.97 Å². The monoisotopic (exact) mass is 345 g/mol. The van der Waals surface area contributed by atoms with Crippen molar-refractivity contribution in [3.63, 3.8) is 0 Å². The van der Waals surface area contributed by atoms with Crippen molar-refractivity contribution in [2.24, 2.45) is 0 Å². The Morgan fingerprint density at radius 3 is 2.79 bits per heavy atom. The maximum absolute atomic E-state index is 12.5. The fraction of sp³-hybridized carbons (Fsp3) is 0.412. The van der Waals surface area contributed by atoms with Gasteiger partial charge in [-0.2, -0.15) is 0 Å². The lowest BCUT2D eigenvalue weighted by Gasteiger charge is -2.33. The number of esters is 1. The molecule has 3 heterocycles. The summed E-state index contributed by atoms with van der Waals surface area (Å²) >= 11 is 1.41. The number of anilines is 1. The van der Waals surface area contributed by atoms with Gasteiger partial charge in [-0.1, -0.05) is 0 Å². The van der Waals surface area contributed by atoms with Crippen molar-refractivity contribution in [1.29, 1.82) is 0 Å². The molecule has 1 aliphatic rings. The lowest BCUT2D eigenvalue weighted by Crippen LogP contribution is -2.46. The van der Waals surface area contributed by atoms with E-state index in [2.05, 4.69) is 9.97 Å². The molecule has 24 heavy (non-hydrogen) atoms. The van der Waals surface area contributed by atoms with E-state index in [-0.39, 0.29) is 18.4 Å². The average molecular weight is 345 g/mol. The van der Waals surface area contributed by atoms with E-state index >= 15 is 0 Å². The Morgan fingerprint density at radius 2 is 2.08 bits per heavy atom. The Balaban J connectivity index is 1.63. The molecule has 1 saturated heterocycles. The zero-order valence-electron chi connectivity index (χ0n) is 13.5. The number of ketones is 1. The molecule has 7 heteroatoms. The first-order valence-electron chi connectivity index (χ1n) is 7.95. The van der Waals surface area contributed by atoms with Gasteiger partial charge in [0, 0.05) is 23.8 Å². The summed E-state index contributed by atoms with van der Waals surface area (Å²) in [6.45, 7) is 2.42. The molecule has 0 amide bonds. The summed E-state index contributed by atoms with van der Waals surface area (Å²) < 4.78 is 5.28. The molecule has 3 rings (SSSR count). The maximum Gasteiger partial charge on any atom is 0.329 e. The second-order valence-corrected chi connectivity index (χ2v) is 6.98. The molecule has 0 saturated carbocycles. The molecule has 0 N–H and O–H groups in total. The highest BCUT2D eigenvalue weighted by atomic mass is 32.1. The maximum atomic E-state index is 12.5. The largest absolute Gasteiger partial charge is 0.456 e. The molecule has 0 radical (unpaired) electrons. The SMILES string of the molecule is Cc1ccc(C(=O)COC(=O)[C@H]2CCCCN2c2ncccn2)s1. The normalized spacial score (nSPS) is 17.5. The Kier molecular flexibility index (Phi) is 5.20. The van der Waals surface area contributed by atoms with E-state index < -0.39 is 6.04 Å². The van der Waals surface area contributed by atoms with E-state index in [0.29, 0.717) is 23.8 Å². The number of carbonyl (C=O) groups excluding carboxylic acids is 2. The highest BCUT2D eigenvalue weighted by Gasteiger charge is 2.32. The van der Waals surface area contributed by atoms with E-state index in [1.54, 1.807) is 24.5 Å². The topological polar surface area (TPSA) is 72.4 Å². The average Bonchev–Trinajstić information content (AvgIpc) is 3.06. The van der Waals surface area contributed by atoms with Crippen LogP contribution < -0.4 is 4.90 Å². The molecule has 1 atom stereocenters. The third-order valence-corrected chi connectivity index (χ3v) is 4.99. The first kappa shape index (κ1) is 16.6. The molecule has 1 fully saturated rings. The molecule has 6 nitrogen and oxygen atoms in total. The Bertz CT molecular complexity index is 717. The number of thiophene rings is 1. The number of ether oxygens (including phenoxy) is 1. The van der Waals surface area contributed by atoms with Crippen molar-refractivity contribution in [1.82, 2.24) is 9.97 Å². The van der Waals surface area contributed by atoms with Crippen LogP contribution in [0.4, 0.5) is 5.95 Å². The van der Waals surface area contributed by atoms with Crippen molar-refractivity contribution in [3.05, 3.63) is 40.3 Å². The number of aromatic nitrogens is 2. The van der Waals surface area contributed by atoms with E-state index in [1.165, 1.54) is 11.3 Å². The van der Waals surface area contributed by atoms with Crippen LogP contribution >= 0.6 is 11.3 Å². The lowest BCUT2D eigenvalue weighted by atomic mass is 10.0. The fourth-order valence-corrected chi connectivity index (χ4v) is 3.54.